The maximum Gasteiger partial charge on any atom is 0.417 e. The van der Waals surface area contributed by atoms with Gasteiger partial charge in [0.2, 0.25) is 0 Å². The number of nitrogens with zero attached hydrogens (tertiary/aromatic N) is 1. The van der Waals surface area contributed by atoms with E-state index >= 15 is 0 Å². The van der Waals surface area contributed by atoms with Gasteiger partial charge in [0.25, 0.3) is 0 Å². The van der Waals surface area contributed by atoms with Crippen molar-refractivity contribution in [2.45, 2.75) is 18.8 Å². The van der Waals surface area contributed by atoms with E-state index in [1.54, 1.807) is 6.07 Å². The van der Waals surface area contributed by atoms with Crippen LogP contribution >= 0.6 is 0 Å². The number of alkyl halides is 6. The van der Waals surface area contributed by atoms with Gasteiger partial charge in [0.1, 0.15) is 0 Å². The summed E-state index contributed by atoms with van der Waals surface area (Å²) in [6.07, 6.45) is -9.79. The third-order valence-electron chi connectivity index (χ3n) is 3.20. The Kier molecular flexibility index (Phi) is 4.37. The van der Waals surface area contributed by atoms with Gasteiger partial charge in [-0.2, -0.15) is 31.6 Å². The molecule has 120 valence electrons. The second kappa shape index (κ2) is 5.95. The Morgan fingerprint density at radius 1 is 0.783 bits per heavy atom. The van der Waals surface area contributed by atoms with Crippen molar-refractivity contribution in [3.8, 4) is 17.2 Å². The molecule has 0 saturated carbocycles. The molecule has 0 fully saturated rings. The zero-order valence-corrected chi connectivity index (χ0v) is 11.5. The molecule has 23 heavy (non-hydrogen) atoms. The molecule has 0 heterocycles. The summed E-state index contributed by atoms with van der Waals surface area (Å²) >= 11 is 0. The number of halogens is 6. The molecule has 0 amide bonds. The average molecular weight is 329 g/mol. The molecular formula is C16H9F6N. The van der Waals surface area contributed by atoms with Crippen LogP contribution in [0.5, 0.6) is 0 Å². The highest BCUT2D eigenvalue weighted by molar-refractivity contribution is 5.72. The Morgan fingerprint density at radius 2 is 1.35 bits per heavy atom. The maximum absolute atomic E-state index is 13.1. The summed E-state index contributed by atoms with van der Waals surface area (Å²) in [5, 5.41) is 8.64. The van der Waals surface area contributed by atoms with E-state index in [0.29, 0.717) is 6.07 Å². The molecule has 0 unspecified atom stereocenters. The van der Waals surface area contributed by atoms with E-state index in [1.165, 1.54) is 6.07 Å². The smallest absolute Gasteiger partial charge is 0.198 e. The number of nitriles is 1. The van der Waals surface area contributed by atoms with Crippen molar-refractivity contribution in [1.29, 1.82) is 5.26 Å². The molecule has 0 aromatic heterocycles. The quantitative estimate of drug-likeness (QED) is 0.671. The second-order valence-electron chi connectivity index (χ2n) is 4.76. The van der Waals surface area contributed by atoms with Gasteiger partial charge in [0.15, 0.2) is 0 Å². The average Bonchev–Trinajstić information content (AvgIpc) is 2.45. The van der Waals surface area contributed by atoms with Crippen LogP contribution in [0, 0.1) is 11.3 Å². The van der Waals surface area contributed by atoms with Gasteiger partial charge in [0.05, 0.1) is 23.6 Å². The summed E-state index contributed by atoms with van der Waals surface area (Å²) < 4.78 is 78.6. The minimum atomic E-state index is -4.81. The predicted octanol–water partition coefficient (Wildman–Crippen LogP) is 5.46. The van der Waals surface area contributed by atoms with Gasteiger partial charge in [-0.15, -0.1) is 0 Å². The number of hydrogen-bond acceptors (Lipinski definition) is 1. The first-order chi connectivity index (χ1) is 10.6. The summed E-state index contributed by atoms with van der Waals surface area (Å²) in [6, 6.07) is 8.60. The third kappa shape index (κ3) is 3.65. The second-order valence-corrected chi connectivity index (χ2v) is 4.76. The molecule has 2 aromatic carbocycles. The summed E-state index contributed by atoms with van der Waals surface area (Å²) in [4.78, 5) is 0. The Hall–Kier alpha value is -2.49. The van der Waals surface area contributed by atoms with E-state index < -0.39 is 34.6 Å². The SMILES string of the molecule is N#CCc1ccc(C(F)(F)F)c(-c2ccccc2C(F)(F)F)c1. The van der Waals surface area contributed by atoms with E-state index in [0.717, 1.165) is 30.3 Å². The molecule has 0 spiro atoms. The summed E-state index contributed by atoms with van der Waals surface area (Å²) in [7, 11) is 0. The van der Waals surface area contributed by atoms with Gasteiger partial charge in [0, 0.05) is 0 Å². The van der Waals surface area contributed by atoms with Crippen molar-refractivity contribution in [3.05, 3.63) is 59.2 Å². The Bertz CT molecular complexity index is 752. The lowest BCUT2D eigenvalue weighted by Gasteiger charge is -2.18. The molecule has 0 aliphatic rings. The molecule has 2 aromatic rings. The van der Waals surface area contributed by atoms with Crippen molar-refractivity contribution >= 4 is 0 Å². The van der Waals surface area contributed by atoms with Gasteiger partial charge in [-0.1, -0.05) is 24.3 Å². The molecule has 0 radical (unpaired) electrons. The van der Waals surface area contributed by atoms with Crippen LogP contribution in [0.25, 0.3) is 11.1 Å². The van der Waals surface area contributed by atoms with Crippen LogP contribution in [0.1, 0.15) is 16.7 Å². The number of hydrogen-bond donors (Lipinski definition) is 0. The molecule has 1 nitrogen and oxygen atoms in total. The molecule has 2 rings (SSSR count). The Balaban J connectivity index is 2.76. The third-order valence-corrected chi connectivity index (χ3v) is 3.20. The zero-order chi connectivity index (χ0) is 17.3. The van der Waals surface area contributed by atoms with Gasteiger partial charge < -0.3 is 0 Å². The van der Waals surface area contributed by atoms with Crippen LogP contribution in [-0.4, -0.2) is 0 Å². The normalized spacial score (nSPS) is 12.0. The van der Waals surface area contributed by atoms with E-state index in [2.05, 4.69) is 0 Å². The van der Waals surface area contributed by atoms with Crippen LogP contribution in [-0.2, 0) is 18.8 Å². The van der Waals surface area contributed by atoms with Crippen LogP contribution in [0.2, 0.25) is 0 Å². The first-order valence-electron chi connectivity index (χ1n) is 6.38. The van der Waals surface area contributed by atoms with Gasteiger partial charge in [-0.05, 0) is 34.9 Å². The number of rotatable bonds is 2. The predicted molar refractivity (Wildman–Crippen MR) is 71.2 cm³/mol. The van der Waals surface area contributed by atoms with Crippen molar-refractivity contribution in [2.75, 3.05) is 0 Å². The van der Waals surface area contributed by atoms with E-state index in [-0.39, 0.29) is 12.0 Å². The molecule has 0 N–H and O–H groups in total. The minimum Gasteiger partial charge on any atom is -0.198 e. The lowest BCUT2D eigenvalue weighted by Crippen LogP contribution is -2.11. The highest BCUT2D eigenvalue weighted by atomic mass is 19.4. The van der Waals surface area contributed by atoms with Gasteiger partial charge in [-0.25, -0.2) is 0 Å². The van der Waals surface area contributed by atoms with E-state index in [4.69, 9.17) is 5.26 Å². The summed E-state index contributed by atoms with van der Waals surface area (Å²) in [5.41, 5.74) is -3.26. The highest BCUT2D eigenvalue weighted by Crippen LogP contribution is 2.42. The Morgan fingerprint density at radius 3 is 1.91 bits per heavy atom. The monoisotopic (exact) mass is 329 g/mol. The van der Waals surface area contributed by atoms with Gasteiger partial charge >= 0.3 is 12.4 Å². The minimum absolute atomic E-state index is 0.195. The molecule has 0 atom stereocenters. The fourth-order valence-electron chi connectivity index (χ4n) is 2.23. The largest absolute Gasteiger partial charge is 0.417 e. The van der Waals surface area contributed by atoms with Crippen LogP contribution in [0.15, 0.2) is 42.5 Å². The summed E-state index contributed by atoms with van der Waals surface area (Å²) in [5.74, 6) is 0. The highest BCUT2D eigenvalue weighted by Gasteiger charge is 2.38. The molecule has 7 heteroatoms. The van der Waals surface area contributed by atoms with Crippen LogP contribution in [0.3, 0.4) is 0 Å². The fraction of sp³-hybridized carbons (Fsp3) is 0.188. The van der Waals surface area contributed by atoms with Crippen LogP contribution in [0.4, 0.5) is 26.3 Å². The molecule has 0 aliphatic heterocycles. The van der Waals surface area contributed by atoms with Crippen molar-refractivity contribution in [3.63, 3.8) is 0 Å². The summed E-state index contributed by atoms with van der Waals surface area (Å²) in [6.45, 7) is 0. The number of benzene rings is 2. The molecule has 0 saturated heterocycles. The van der Waals surface area contributed by atoms with Crippen molar-refractivity contribution < 1.29 is 26.3 Å². The first-order valence-corrected chi connectivity index (χ1v) is 6.38. The zero-order valence-electron chi connectivity index (χ0n) is 11.5. The van der Waals surface area contributed by atoms with Gasteiger partial charge in [-0.3, -0.25) is 0 Å². The lowest BCUT2D eigenvalue weighted by molar-refractivity contribution is -0.139. The topological polar surface area (TPSA) is 23.8 Å². The molecular weight excluding hydrogens is 320 g/mol. The molecule has 0 aliphatic carbocycles. The fourth-order valence-corrected chi connectivity index (χ4v) is 2.23. The first kappa shape index (κ1) is 16.9. The van der Waals surface area contributed by atoms with E-state index in [9.17, 15) is 26.3 Å². The molecule has 0 bridgehead atoms. The van der Waals surface area contributed by atoms with E-state index in [1.807, 2.05) is 0 Å². The lowest BCUT2D eigenvalue weighted by atomic mass is 9.92. The Labute approximate surface area is 127 Å². The maximum atomic E-state index is 13.1. The standard InChI is InChI=1S/C16H9F6N/c17-15(18,19)13-4-2-1-3-11(13)12-9-10(7-8-23)5-6-14(12)16(20,21)22/h1-6,9H,7H2. The van der Waals surface area contributed by atoms with Crippen LogP contribution < -0.4 is 0 Å². The van der Waals surface area contributed by atoms with Crippen molar-refractivity contribution in [2.24, 2.45) is 0 Å². The van der Waals surface area contributed by atoms with Crippen molar-refractivity contribution in [1.82, 2.24) is 0 Å².